The topological polar surface area (TPSA) is 61.5 Å². The van der Waals surface area contributed by atoms with E-state index in [2.05, 4.69) is 0 Å². The molecule has 0 bridgehead atoms. The van der Waals surface area contributed by atoms with Gasteiger partial charge in [0.25, 0.3) is 0 Å². The lowest BCUT2D eigenvalue weighted by Gasteiger charge is -2.34. The number of fused-ring (bicyclic) bond motifs is 1. The van der Waals surface area contributed by atoms with Crippen LogP contribution < -0.4 is 15.2 Å². The lowest BCUT2D eigenvalue weighted by atomic mass is 9.91. The highest BCUT2D eigenvalue weighted by molar-refractivity contribution is 6.00. The SMILES string of the molecule is COc1cccc(C2(N)CC(=O)c3ccccc3O2)c1. The zero-order valence-corrected chi connectivity index (χ0v) is 11.1. The molecular weight excluding hydrogens is 254 g/mol. The minimum absolute atomic E-state index is 0.0165. The molecule has 0 radical (unpaired) electrons. The van der Waals surface area contributed by atoms with Crippen molar-refractivity contribution >= 4 is 5.78 Å². The summed E-state index contributed by atoms with van der Waals surface area (Å²) < 4.78 is 11.1. The number of rotatable bonds is 2. The number of nitrogens with two attached hydrogens (primary N) is 1. The van der Waals surface area contributed by atoms with E-state index < -0.39 is 5.72 Å². The van der Waals surface area contributed by atoms with Crippen molar-refractivity contribution in [2.75, 3.05) is 7.11 Å². The second-order valence-corrected chi connectivity index (χ2v) is 4.82. The van der Waals surface area contributed by atoms with Crippen LogP contribution in [-0.4, -0.2) is 12.9 Å². The summed E-state index contributed by atoms with van der Waals surface area (Å²) in [6.07, 6.45) is 0.108. The average Bonchev–Trinajstić information content (AvgIpc) is 2.47. The Kier molecular flexibility index (Phi) is 2.95. The van der Waals surface area contributed by atoms with Gasteiger partial charge in [-0.15, -0.1) is 0 Å². The van der Waals surface area contributed by atoms with Crippen molar-refractivity contribution in [3.05, 3.63) is 59.7 Å². The van der Waals surface area contributed by atoms with Crippen LogP contribution in [0.2, 0.25) is 0 Å². The number of hydrogen-bond acceptors (Lipinski definition) is 4. The largest absolute Gasteiger partial charge is 0.497 e. The maximum atomic E-state index is 12.2. The molecule has 3 rings (SSSR count). The molecule has 2 aromatic carbocycles. The fourth-order valence-corrected chi connectivity index (χ4v) is 2.40. The fraction of sp³-hybridized carbons (Fsp3) is 0.188. The van der Waals surface area contributed by atoms with Gasteiger partial charge in [0.15, 0.2) is 11.5 Å². The van der Waals surface area contributed by atoms with E-state index in [1.54, 1.807) is 25.3 Å². The lowest BCUT2D eigenvalue weighted by Crippen LogP contribution is -2.47. The zero-order chi connectivity index (χ0) is 14.2. The number of ether oxygens (including phenoxy) is 2. The molecule has 0 aliphatic carbocycles. The standard InChI is InChI=1S/C16H15NO3/c1-19-12-6-4-5-11(9-12)16(17)10-14(18)13-7-2-3-8-15(13)20-16/h2-9H,10,17H2,1H3. The molecule has 1 heterocycles. The van der Waals surface area contributed by atoms with E-state index in [0.29, 0.717) is 17.1 Å². The van der Waals surface area contributed by atoms with E-state index >= 15 is 0 Å². The summed E-state index contributed by atoms with van der Waals surface area (Å²) in [6.45, 7) is 0. The van der Waals surface area contributed by atoms with Gasteiger partial charge in [0.1, 0.15) is 11.5 Å². The number of para-hydroxylation sites is 1. The molecule has 4 nitrogen and oxygen atoms in total. The molecule has 102 valence electrons. The van der Waals surface area contributed by atoms with Gasteiger partial charge in [0, 0.05) is 5.56 Å². The van der Waals surface area contributed by atoms with Crippen molar-refractivity contribution in [2.45, 2.75) is 12.1 Å². The number of methoxy groups -OCH3 is 1. The normalized spacial score (nSPS) is 21.0. The molecule has 0 saturated carbocycles. The van der Waals surface area contributed by atoms with Crippen molar-refractivity contribution < 1.29 is 14.3 Å². The van der Waals surface area contributed by atoms with Gasteiger partial charge < -0.3 is 9.47 Å². The van der Waals surface area contributed by atoms with Crippen LogP contribution in [0.25, 0.3) is 0 Å². The Morgan fingerprint density at radius 3 is 2.80 bits per heavy atom. The molecule has 1 atom stereocenters. The summed E-state index contributed by atoms with van der Waals surface area (Å²) in [5, 5.41) is 0. The first-order valence-electron chi connectivity index (χ1n) is 6.37. The van der Waals surface area contributed by atoms with Gasteiger partial charge in [-0.25, -0.2) is 0 Å². The van der Waals surface area contributed by atoms with Crippen LogP contribution in [0, 0.1) is 0 Å². The van der Waals surface area contributed by atoms with Crippen LogP contribution in [0.5, 0.6) is 11.5 Å². The monoisotopic (exact) mass is 269 g/mol. The third-order valence-corrected chi connectivity index (χ3v) is 3.46. The van der Waals surface area contributed by atoms with Gasteiger partial charge in [0.05, 0.1) is 19.1 Å². The van der Waals surface area contributed by atoms with E-state index in [0.717, 1.165) is 5.56 Å². The van der Waals surface area contributed by atoms with Gasteiger partial charge in [-0.05, 0) is 24.3 Å². The summed E-state index contributed by atoms with van der Waals surface area (Å²) in [5.41, 5.74) is 6.46. The number of carbonyl (C=O) groups excluding carboxylic acids is 1. The quantitative estimate of drug-likeness (QED) is 0.909. The molecule has 1 aliphatic heterocycles. The van der Waals surface area contributed by atoms with E-state index in [1.165, 1.54) is 0 Å². The molecule has 0 spiro atoms. The van der Waals surface area contributed by atoms with Gasteiger partial charge in [0.2, 0.25) is 0 Å². The number of benzene rings is 2. The predicted octanol–water partition coefficient (Wildman–Crippen LogP) is 2.47. The Morgan fingerprint density at radius 1 is 1.20 bits per heavy atom. The maximum Gasteiger partial charge on any atom is 0.192 e. The highest BCUT2D eigenvalue weighted by atomic mass is 16.5. The van der Waals surface area contributed by atoms with Crippen LogP contribution in [0.4, 0.5) is 0 Å². The van der Waals surface area contributed by atoms with Crippen molar-refractivity contribution in [1.29, 1.82) is 0 Å². The Hall–Kier alpha value is -2.33. The first kappa shape index (κ1) is 12.7. The Labute approximate surface area is 117 Å². The summed E-state index contributed by atoms with van der Waals surface area (Å²) in [4.78, 5) is 12.2. The molecule has 2 N–H and O–H groups in total. The smallest absolute Gasteiger partial charge is 0.192 e. The summed E-state index contributed by atoms with van der Waals surface area (Å²) >= 11 is 0. The highest BCUT2D eigenvalue weighted by Crippen LogP contribution is 2.36. The molecular formula is C16H15NO3. The third-order valence-electron chi connectivity index (χ3n) is 3.46. The van der Waals surface area contributed by atoms with Gasteiger partial charge in [-0.1, -0.05) is 24.3 Å². The molecule has 2 aromatic rings. The molecule has 4 heteroatoms. The van der Waals surface area contributed by atoms with Crippen molar-refractivity contribution in [2.24, 2.45) is 5.73 Å². The van der Waals surface area contributed by atoms with Gasteiger partial charge >= 0.3 is 0 Å². The van der Waals surface area contributed by atoms with Crippen LogP contribution >= 0.6 is 0 Å². The number of Topliss-reactive ketones (excluding diaryl/α,β-unsaturated/α-hetero) is 1. The molecule has 20 heavy (non-hydrogen) atoms. The van der Waals surface area contributed by atoms with Crippen LogP contribution in [0.15, 0.2) is 48.5 Å². The zero-order valence-electron chi connectivity index (χ0n) is 11.1. The molecule has 1 unspecified atom stereocenters. The van der Waals surface area contributed by atoms with E-state index in [-0.39, 0.29) is 12.2 Å². The Morgan fingerprint density at radius 2 is 2.00 bits per heavy atom. The molecule has 0 aromatic heterocycles. The summed E-state index contributed by atoms with van der Waals surface area (Å²) in [6, 6.07) is 14.4. The number of hydrogen-bond donors (Lipinski definition) is 1. The lowest BCUT2D eigenvalue weighted by molar-refractivity contribution is 0.0422. The predicted molar refractivity (Wildman–Crippen MR) is 74.9 cm³/mol. The molecule has 1 aliphatic rings. The average molecular weight is 269 g/mol. The van der Waals surface area contributed by atoms with Crippen molar-refractivity contribution in [1.82, 2.24) is 0 Å². The second kappa shape index (κ2) is 4.65. The molecule has 0 fully saturated rings. The highest BCUT2D eigenvalue weighted by Gasteiger charge is 2.38. The van der Waals surface area contributed by atoms with E-state index in [9.17, 15) is 4.79 Å². The van der Waals surface area contributed by atoms with E-state index in [1.807, 2.05) is 30.3 Å². The van der Waals surface area contributed by atoms with Crippen molar-refractivity contribution in [3.63, 3.8) is 0 Å². The van der Waals surface area contributed by atoms with Crippen LogP contribution in [0.3, 0.4) is 0 Å². The number of carbonyl (C=O) groups is 1. The third kappa shape index (κ3) is 2.04. The second-order valence-electron chi connectivity index (χ2n) is 4.82. The summed E-state index contributed by atoms with van der Waals surface area (Å²) in [7, 11) is 1.59. The van der Waals surface area contributed by atoms with Gasteiger partial charge in [-0.3, -0.25) is 10.5 Å². The molecule has 0 amide bonds. The minimum Gasteiger partial charge on any atom is -0.497 e. The van der Waals surface area contributed by atoms with E-state index in [4.69, 9.17) is 15.2 Å². The molecule has 0 saturated heterocycles. The first-order valence-corrected chi connectivity index (χ1v) is 6.37. The van der Waals surface area contributed by atoms with Crippen LogP contribution in [-0.2, 0) is 5.72 Å². The summed E-state index contributed by atoms with van der Waals surface area (Å²) in [5.74, 6) is 1.19. The van der Waals surface area contributed by atoms with Crippen molar-refractivity contribution in [3.8, 4) is 11.5 Å². The fourth-order valence-electron chi connectivity index (χ4n) is 2.40. The van der Waals surface area contributed by atoms with Gasteiger partial charge in [-0.2, -0.15) is 0 Å². The van der Waals surface area contributed by atoms with Crippen LogP contribution in [0.1, 0.15) is 22.3 Å². The Bertz CT molecular complexity index is 668. The minimum atomic E-state index is -1.15. The first-order chi connectivity index (χ1) is 9.62. The Balaban J connectivity index is 2.04. The number of ketones is 1. The maximum absolute atomic E-state index is 12.2.